The smallest absolute Gasteiger partial charge is 0.194 e. The number of aliphatic imine (C=N–C) groups is 1. The predicted octanol–water partition coefficient (Wildman–Crippen LogP) is 2.44. The van der Waals surface area contributed by atoms with Gasteiger partial charge in [-0.2, -0.15) is 0 Å². The highest BCUT2D eigenvalue weighted by Crippen LogP contribution is 2.22. The summed E-state index contributed by atoms with van der Waals surface area (Å²) in [5, 5.41) is 3.54. The minimum atomic E-state index is 0.317. The lowest BCUT2D eigenvalue weighted by Crippen LogP contribution is -2.47. The molecule has 1 aromatic rings. The molecule has 29 heavy (non-hydrogen) atoms. The summed E-state index contributed by atoms with van der Waals surface area (Å²) in [6.45, 7) is 16.4. The maximum atomic E-state index is 5.53. The van der Waals surface area contributed by atoms with Gasteiger partial charge < -0.3 is 15.0 Å². The van der Waals surface area contributed by atoms with Crippen LogP contribution in [0.25, 0.3) is 0 Å². The molecule has 2 aliphatic heterocycles. The van der Waals surface area contributed by atoms with E-state index in [2.05, 4.69) is 71.1 Å². The molecule has 2 fully saturated rings. The van der Waals surface area contributed by atoms with Crippen LogP contribution in [-0.2, 0) is 4.74 Å². The summed E-state index contributed by atoms with van der Waals surface area (Å²) < 4.78 is 5.53. The zero-order valence-electron chi connectivity index (χ0n) is 18.5. The quantitative estimate of drug-likeness (QED) is 0.535. The highest BCUT2D eigenvalue weighted by Gasteiger charge is 2.30. The second kappa shape index (κ2) is 11.5. The van der Waals surface area contributed by atoms with Gasteiger partial charge in [0.2, 0.25) is 0 Å². The van der Waals surface area contributed by atoms with Gasteiger partial charge in [0.25, 0.3) is 0 Å². The first kappa shape index (κ1) is 22.1. The third kappa shape index (κ3) is 5.93. The van der Waals surface area contributed by atoms with Crippen LogP contribution < -0.4 is 5.32 Å². The summed E-state index contributed by atoms with van der Waals surface area (Å²) in [5.74, 6) is 1.07. The van der Waals surface area contributed by atoms with Gasteiger partial charge in [-0.25, -0.2) is 0 Å². The van der Waals surface area contributed by atoms with E-state index in [1.165, 1.54) is 12.0 Å². The molecule has 2 aliphatic rings. The van der Waals surface area contributed by atoms with Crippen LogP contribution in [0.2, 0.25) is 0 Å². The summed E-state index contributed by atoms with van der Waals surface area (Å²) in [7, 11) is 0. The average Bonchev–Trinajstić information content (AvgIpc) is 3.27. The number of nitrogens with one attached hydrogen (secondary N) is 1. The molecule has 0 saturated carbocycles. The van der Waals surface area contributed by atoms with Crippen molar-refractivity contribution in [2.45, 2.75) is 39.3 Å². The molecule has 0 bridgehead atoms. The minimum Gasteiger partial charge on any atom is -0.379 e. The summed E-state index contributed by atoms with van der Waals surface area (Å²) >= 11 is 0. The second-order valence-electron chi connectivity index (χ2n) is 7.88. The van der Waals surface area contributed by atoms with Gasteiger partial charge in [-0.3, -0.25) is 14.8 Å². The molecule has 0 aromatic heterocycles. The Morgan fingerprint density at radius 1 is 1.14 bits per heavy atom. The van der Waals surface area contributed by atoms with Crippen molar-refractivity contribution in [3.05, 3.63) is 35.9 Å². The van der Waals surface area contributed by atoms with Crippen LogP contribution in [0.5, 0.6) is 0 Å². The van der Waals surface area contributed by atoms with E-state index < -0.39 is 0 Å². The van der Waals surface area contributed by atoms with Gasteiger partial charge in [-0.05, 0) is 32.0 Å². The summed E-state index contributed by atoms with van der Waals surface area (Å²) in [5.41, 5.74) is 1.35. The first-order valence-electron chi connectivity index (χ1n) is 11.4. The van der Waals surface area contributed by atoms with Gasteiger partial charge >= 0.3 is 0 Å². The van der Waals surface area contributed by atoms with Crippen LogP contribution in [0.15, 0.2) is 35.3 Å². The first-order valence-corrected chi connectivity index (χ1v) is 11.4. The van der Waals surface area contributed by atoms with E-state index in [4.69, 9.17) is 9.73 Å². The van der Waals surface area contributed by atoms with E-state index in [0.29, 0.717) is 12.1 Å². The number of morpholine rings is 1. The third-order valence-electron chi connectivity index (χ3n) is 6.21. The number of hydrogen-bond donors (Lipinski definition) is 1. The number of rotatable bonds is 8. The molecular formula is C23H39N5O. The van der Waals surface area contributed by atoms with E-state index in [1.807, 2.05) is 0 Å². The van der Waals surface area contributed by atoms with E-state index in [0.717, 1.165) is 71.5 Å². The number of hydrogen-bond acceptors (Lipinski definition) is 4. The number of ether oxygens (including phenoxy) is 1. The van der Waals surface area contributed by atoms with E-state index in [9.17, 15) is 0 Å². The topological polar surface area (TPSA) is 43.3 Å². The van der Waals surface area contributed by atoms with Crippen molar-refractivity contribution in [3.63, 3.8) is 0 Å². The van der Waals surface area contributed by atoms with Gasteiger partial charge in [0, 0.05) is 38.8 Å². The lowest BCUT2D eigenvalue weighted by molar-refractivity contribution is 0.0195. The number of guanidine groups is 1. The van der Waals surface area contributed by atoms with Gasteiger partial charge in [-0.15, -0.1) is 0 Å². The van der Waals surface area contributed by atoms with E-state index in [-0.39, 0.29) is 0 Å². The number of likely N-dealkylation sites (tertiary alicyclic amines) is 1. The molecule has 2 heterocycles. The highest BCUT2D eigenvalue weighted by molar-refractivity contribution is 5.80. The van der Waals surface area contributed by atoms with Crippen molar-refractivity contribution in [2.75, 3.05) is 65.6 Å². The average molecular weight is 402 g/mol. The van der Waals surface area contributed by atoms with Crippen molar-refractivity contribution in [3.8, 4) is 0 Å². The second-order valence-corrected chi connectivity index (χ2v) is 7.88. The molecule has 6 heteroatoms. The van der Waals surface area contributed by atoms with E-state index in [1.54, 1.807) is 0 Å². The molecule has 3 rings (SSSR count). The van der Waals surface area contributed by atoms with Crippen molar-refractivity contribution in [2.24, 2.45) is 4.99 Å². The normalized spacial score (nSPS) is 22.3. The van der Waals surface area contributed by atoms with Crippen LogP contribution >= 0.6 is 0 Å². The van der Waals surface area contributed by atoms with Gasteiger partial charge in [0.1, 0.15) is 0 Å². The fraction of sp³-hybridized carbons (Fsp3) is 0.696. The predicted molar refractivity (Wildman–Crippen MR) is 120 cm³/mol. The van der Waals surface area contributed by atoms with Crippen LogP contribution in [0.3, 0.4) is 0 Å². The Bertz CT molecular complexity index is 613. The third-order valence-corrected chi connectivity index (χ3v) is 6.21. The monoisotopic (exact) mass is 401 g/mol. The fourth-order valence-electron chi connectivity index (χ4n) is 4.54. The summed E-state index contributed by atoms with van der Waals surface area (Å²) in [6.07, 6.45) is 1.21. The molecule has 6 nitrogen and oxygen atoms in total. The molecule has 2 atom stereocenters. The maximum Gasteiger partial charge on any atom is 0.194 e. The molecule has 2 unspecified atom stereocenters. The Kier molecular flexibility index (Phi) is 8.77. The highest BCUT2D eigenvalue weighted by atomic mass is 16.5. The zero-order valence-corrected chi connectivity index (χ0v) is 18.5. The Hall–Kier alpha value is -1.63. The first-order chi connectivity index (χ1) is 14.3. The van der Waals surface area contributed by atoms with Gasteiger partial charge in [0.05, 0.1) is 25.8 Å². The molecule has 0 radical (unpaired) electrons. The fourth-order valence-corrected chi connectivity index (χ4v) is 4.54. The zero-order chi connectivity index (χ0) is 20.5. The number of likely N-dealkylation sites (N-methyl/N-ethyl adjacent to an activating group) is 1. The van der Waals surface area contributed by atoms with Crippen LogP contribution in [0.4, 0.5) is 0 Å². The van der Waals surface area contributed by atoms with Gasteiger partial charge in [0.15, 0.2) is 5.96 Å². The van der Waals surface area contributed by atoms with Crippen molar-refractivity contribution in [1.29, 1.82) is 0 Å². The van der Waals surface area contributed by atoms with Crippen LogP contribution in [-0.4, -0.2) is 92.3 Å². The number of benzene rings is 1. The van der Waals surface area contributed by atoms with Gasteiger partial charge in [-0.1, -0.05) is 44.2 Å². The van der Waals surface area contributed by atoms with Crippen molar-refractivity contribution < 1.29 is 4.74 Å². The summed E-state index contributed by atoms with van der Waals surface area (Å²) in [4.78, 5) is 12.7. The largest absolute Gasteiger partial charge is 0.379 e. The minimum absolute atomic E-state index is 0.317. The Morgan fingerprint density at radius 2 is 1.86 bits per heavy atom. The molecule has 162 valence electrons. The standard InChI is InChI=1S/C23H39N5O/c1-4-24-23(28-13-12-21(19-28)27-14-16-29-17-15-27)25-18-22(26(5-2)6-3)20-10-8-7-9-11-20/h7-11,21-22H,4-6,12-19H2,1-3H3,(H,24,25). The molecule has 2 saturated heterocycles. The Balaban J connectivity index is 1.69. The van der Waals surface area contributed by atoms with Crippen LogP contribution in [0.1, 0.15) is 38.8 Å². The molecule has 1 aromatic carbocycles. The van der Waals surface area contributed by atoms with Crippen LogP contribution in [0, 0.1) is 0 Å². The lowest BCUT2D eigenvalue weighted by Gasteiger charge is -2.32. The summed E-state index contributed by atoms with van der Waals surface area (Å²) in [6, 6.07) is 11.8. The Labute approximate surface area is 176 Å². The van der Waals surface area contributed by atoms with Crippen molar-refractivity contribution in [1.82, 2.24) is 20.0 Å². The lowest BCUT2D eigenvalue weighted by atomic mass is 10.1. The molecule has 1 N–H and O–H groups in total. The molecule has 0 spiro atoms. The Morgan fingerprint density at radius 3 is 2.52 bits per heavy atom. The molecule has 0 aliphatic carbocycles. The molecule has 0 amide bonds. The SMILES string of the molecule is CCNC(=NCC(c1ccccc1)N(CC)CC)N1CCC(N2CCOCC2)C1. The van der Waals surface area contributed by atoms with Crippen molar-refractivity contribution >= 4 is 5.96 Å². The maximum absolute atomic E-state index is 5.53. The number of nitrogens with zero attached hydrogens (tertiary/aromatic N) is 4. The molecular weight excluding hydrogens is 362 g/mol. The van der Waals surface area contributed by atoms with E-state index >= 15 is 0 Å².